The molecule has 1 aliphatic rings. The molecule has 0 bridgehead atoms. The number of nitrogens with zero attached hydrogens (tertiary/aromatic N) is 3. The van der Waals surface area contributed by atoms with Crippen LogP contribution in [-0.4, -0.2) is 41.0 Å². The number of nitrogens with one attached hydrogen (secondary N) is 1. The highest BCUT2D eigenvalue weighted by molar-refractivity contribution is 5.23. The minimum atomic E-state index is 0.448. The number of aryl methyl sites for hydroxylation is 1. The average molecular weight is 290 g/mol. The van der Waals surface area contributed by atoms with E-state index in [9.17, 15) is 0 Å². The maximum Gasteiger partial charge on any atom is 0.129 e. The maximum atomic E-state index is 4.87. The Kier molecular flexibility index (Phi) is 6.58. The summed E-state index contributed by atoms with van der Waals surface area (Å²) < 4.78 is 0. The molecular weight excluding hydrogens is 260 g/mol. The molecule has 0 amide bonds. The number of fused-ring (bicyclic) bond motifs is 1. The van der Waals surface area contributed by atoms with E-state index in [2.05, 4.69) is 42.2 Å². The summed E-state index contributed by atoms with van der Waals surface area (Å²) in [6.45, 7) is 10.9. The van der Waals surface area contributed by atoms with E-state index in [0.717, 1.165) is 44.8 Å². The van der Waals surface area contributed by atoms with Crippen molar-refractivity contribution in [3.05, 3.63) is 23.3 Å². The molecule has 1 aliphatic carbocycles. The highest BCUT2D eigenvalue weighted by Gasteiger charge is 2.19. The fraction of sp³-hybridized carbons (Fsp3) is 0.765. The zero-order valence-corrected chi connectivity index (χ0v) is 13.9. The van der Waals surface area contributed by atoms with E-state index < -0.39 is 0 Å². The fourth-order valence-electron chi connectivity index (χ4n) is 3.13. The van der Waals surface area contributed by atoms with Crippen molar-refractivity contribution in [2.45, 2.75) is 58.9 Å². The first kappa shape index (κ1) is 16.4. The zero-order valence-electron chi connectivity index (χ0n) is 13.9. The molecule has 1 atom stereocenters. The molecule has 1 aromatic heterocycles. The Hall–Kier alpha value is -1.00. The molecular formula is C17H30N4. The number of hydrogen-bond donors (Lipinski definition) is 1. The quantitative estimate of drug-likeness (QED) is 0.784. The predicted octanol–water partition coefficient (Wildman–Crippen LogP) is 2.74. The van der Waals surface area contributed by atoms with Gasteiger partial charge in [0.15, 0.2) is 0 Å². The molecule has 1 aromatic rings. The van der Waals surface area contributed by atoms with Gasteiger partial charge in [0.1, 0.15) is 5.82 Å². The molecule has 1 unspecified atom stereocenters. The smallest absolute Gasteiger partial charge is 0.129 e. The summed E-state index contributed by atoms with van der Waals surface area (Å²) in [5.74, 6) is 1.01. The molecule has 0 saturated carbocycles. The van der Waals surface area contributed by atoms with Gasteiger partial charge in [0.05, 0.1) is 0 Å². The van der Waals surface area contributed by atoms with E-state index >= 15 is 0 Å². The van der Waals surface area contributed by atoms with Crippen molar-refractivity contribution in [2.24, 2.45) is 0 Å². The van der Waals surface area contributed by atoms with Gasteiger partial charge >= 0.3 is 0 Å². The standard InChI is InChI=1S/C17H30N4/c1-4-18-15-9-7-8-10-16-14(15)13-19-17(20-16)11-12-21(5-2)6-3/h13,15,18H,4-12H2,1-3H3. The first-order valence-corrected chi connectivity index (χ1v) is 8.58. The van der Waals surface area contributed by atoms with Crippen LogP contribution in [0.5, 0.6) is 0 Å². The van der Waals surface area contributed by atoms with Gasteiger partial charge in [-0.15, -0.1) is 0 Å². The van der Waals surface area contributed by atoms with Crippen molar-refractivity contribution in [1.82, 2.24) is 20.2 Å². The van der Waals surface area contributed by atoms with Gasteiger partial charge in [0.2, 0.25) is 0 Å². The second-order valence-electron chi connectivity index (χ2n) is 5.82. The number of rotatable bonds is 7. The molecule has 2 rings (SSSR count). The molecule has 118 valence electrons. The molecule has 0 fully saturated rings. The van der Waals surface area contributed by atoms with E-state index in [-0.39, 0.29) is 0 Å². The molecule has 21 heavy (non-hydrogen) atoms. The van der Waals surface area contributed by atoms with Gasteiger partial charge in [-0.1, -0.05) is 27.2 Å². The number of aromatic nitrogens is 2. The highest BCUT2D eigenvalue weighted by atomic mass is 15.1. The minimum Gasteiger partial charge on any atom is -0.310 e. The van der Waals surface area contributed by atoms with Crippen molar-refractivity contribution in [3.63, 3.8) is 0 Å². The lowest BCUT2D eigenvalue weighted by Gasteiger charge is -2.19. The summed E-state index contributed by atoms with van der Waals surface area (Å²) >= 11 is 0. The van der Waals surface area contributed by atoms with E-state index in [1.165, 1.54) is 30.5 Å². The van der Waals surface area contributed by atoms with E-state index in [1.54, 1.807) is 0 Å². The summed E-state index contributed by atoms with van der Waals surface area (Å²) in [5, 5.41) is 3.58. The fourth-order valence-corrected chi connectivity index (χ4v) is 3.13. The molecule has 1 N–H and O–H groups in total. The third-order valence-electron chi connectivity index (χ3n) is 4.48. The van der Waals surface area contributed by atoms with Crippen LogP contribution in [0.2, 0.25) is 0 Å². The Morgan fingerprint density at radius 3 is 2.76 bits per heavy atom. The first-order valence-electron chi connectivity index (χ1n) is 8.58. The van der Waals surface area contributed by atoms with Crippen molar-refractivity contribution in [3.8, 4) is 0 Å². The van der Waals surface area contributed by atoms with Gasteiger partial charge in [0.25, 0.3) is 0 Å². The summed E-state index contributed by atoms with van der Waals surface area (Å²) in [5.41, 5.74) is 2.61. The SMILES string of the molecule is CCNC1CCCCc2nc(CCN(CC)CC)ncc21. The second kappa shape index (κ2) is 8.44. The third-order valence-corrected chi connectivity index (χ3v) is 4.48. The average Bonchev–Trinajstić information content (AvgIpc) is 2.71. The second-order valence-corrected chi connectivity index (χ2v) is 5.82. The first-order chi connectivity index (χ1) is 10.3. The predicted molar refractivity (Wildman–Crippen MR) is 87.5 cm³/mol. The Morgan fingerprint density at radius 2 is 2.05 bits per heavy atom. The molecule has 4 heteroatoms. The molecule has 0 radical (unpaired) electrons. The number of hydrogen-bond acceptors (Lipinski definition) is 4. The summed E-state index contributed by atoms with van der Waals surface area (Å²) in [4.78, 5) is 11.9. The molecule has 0 spiro atoms. The molecule has 4 nitrogen and oxygen atoms in total. The largest absolute Gasteiger partial charge is 0.310 e. The van der Waals surface area contributed by atoms with Crippen molar-refractivity contribution >= 4 is 0 Å². The number of likely N-dealkylation sites (N-methyl/N-ethyl adjacent to an activating group) is 1. The lowest BCUT2D eigenvalue weighted by Crippen LogP contribution is -2.26. The highest BCUT2D eigenvalue weighted by Crippen LogP contribution is 2.27. The molecule has 0 aromatic carbocycles. The van der Waals surface area contributed by atoms with Gasteiger partial charge in [0, 0.05) is 36.5 Å². The van der Waals surface area contributed by atoms with E-state index in [1.807, 2.05) is 0 Å². The Morgan fingerprint density at radius 1 is 1.24 bits per heavy atom. The Bertz CT molecular complexity index is 429. The van der Waals surface area contributed by atoms with Crippen LogP contribution >= 0.6 is 0 Å². The van der Waals surface area contributed by atoms with Crippen LogP contribution in [0.25, 0.3) is 0 Å². The lowest BCUT2D eigenvalue weighted by molar-refractivity contribution is 0.305. The van der Waals surface area contributed by atoms with Crippen LogP contribution in [0.15, 0.2) is 6.20 Å². The van der Waals surface area contributed by atoms with Crippen molar-refractivity contribution in [2.75, 3.05) is 26.2 Å². The van der Waals surface area contributed by atoms with Gasteiger partial charge in [-0.05, 0) is 38.9 Å². The summed E-state index contributed by atoms with van der Waals surface area (Å²) in [6.07, 6.45) is 7.89. The van der Waals surface area contributed by atoms with Crippen LogP contribution in [0.3, 0.4) is 0 Å². The van der Waals surface area contributed by atoms with Crippen LogP contribution < -0.4 is 5.32 Å². The zero-order chi connectivity index (χ0) is 15.1. The molecule has 1 heterocycles. The normalized spacial score (nSPS) is 18.6. The topological polar surface area (TPSA) is 41.1 Å². The van der Waals surface area contributed by atoms with E-state index in [4.69, 9.17) is 4.98 Å². The van der Waals surface area contributed by atoms with Crippen molar-refractivity contribution < 1.29 is 0 Å². The lowest BCUT2D eigenvalue weighted by atomic mass is 10.0. The van der Waals surface area contributed by atoms with E-state index in [0.29, 0.717) is 6.04 Å². The maximum absolute atomic E-state index is 4.87. The summed E-state index contributed by atoms with van der Waals surface area (Å²) in [7, 11) is 0. The minimum absolute atomic E-state index is 0.448. The van der Waals surface area contributed by atoms with Gasteiger partial charge in [-0.2, -0.15) is 0 Å². The Labute approximate surface area is 129 Å². The van der Waals surface area contributed by atoms with Crippen LogP contribution in [0, 0.1) is 0 Å². The Balaban J connectivity index is 2.08. The van der Waals surface area contributed by atoms with Crippen LogP contribution in [0.4, 0.5) is 0 Å². The molecule has 0 saturated heterocycles. The van der Waals surface area contributed by atoms with Gasteiger partial charge in [-0.3, -0.25) is 0 Å². The van der Waals surface area contributed by atoms with Gasteiger partial charge < -0.3 is 10.2 Å². The van der Waals surface area contributed by atoms with Gasteiger partial charge in [-0.25, -0.2) is 9.97 Å². The molecule has 0 aliphatic heterocycles. The summed E-state index contributed by atoms with van der Waals surface area (Å²) in [6, 6.07) is 0.448. The monoisotopic (exact) mass is 290 g/mol. The van der Waals surface area contributed by atoms with Crippen LogP contribution in [0.1, 0.15) is 63.2 Å². The van der Waals surface area contributed by atoms with Crippen LogP contribution in [-0.2, 0) is 12.8 Å². The van der Waals surface area contributed by atoms with Crippen molar-refractivity contribution in [1.29, 1.82) is 0 Å². The third kappa shape index (κ3) is 4.48.